The van der Waals surface area contributed by atoms with Crippen LogP contribution in [-0.2, 0) is 13.1 Å². The molecule has 0 aliphatic heterocycles. The lowest BCUT2D eigenvalue weighted by Gasteiger charge is -2.18. The van der Waals surface area contributed by atoms with Gasteiger partial charge in [0, 0.05) is 12.2 Å². The van der Waals surface area contributed by atoms with Gasteiger partial charge in [0.05, 0.1) is 13.7 Å². The van der Waals surface area contributed by atoms with E-state index in [2.05, 4.69) is 25.0 Å². The first-order valence-corrected chi connectivity index (χ1v) is 9.15. The van der Waals surface area contributed by atoms with Gasteiger partial charge in [-0.05, 0) is 49.0 Å². The molecular formula is C20H21F3N6O2. The number of nitrogens with two attached hydrogens (primary N) is 1. The second-order valence-electron chi connectivity index (χ2n) is 6.60. The number of hydrogen-bond donors (Lipinski definition) is 2. The molecule has 0 aliphatic rings. The fourth-order valence-corrected chi connectivity index (χ4v) is 2.84. The van der Waals surface area contributed by atoms with Gasteiger partial charge in [-0.2, -0.15) is 23.7 Å². The molecule has 8 nitrogen and oxygen atoms in total. The molecule has 0 saturated carbocycles. The number of methoxy groups -OCH3 is 1. The van der Waals surface area contributed by atoms with Crippen molar-refractivity contribution in [3.8, 4) is 11.5 Å². The summed E-state index contributed by atoms with van der Waals surface area (Å²) in [5, 5.41) is 2.95. The number of aromatic nitrogens is 3. The van der Waals surface area contributed by atoms with Crippen molar-refractivity contribution in [3.05, 3.63) is 59.7 Å². The number of alkyl halides is 2. The minimum absolute atomic E-state index is 0.0364. The fourth-order valence-electron chi connectivity index (χ4n) is 2.84. The second-order valence-corrected chi connectivity index (χ2v) is 6.60. The van der Waals surface area contributed by atoms with Crippen molar-refractivity contribution in [2.75, 3.05) is 25.2 Å². The van der Waals surface area contributed by atoms with E-state index < -0.39 is 6.61 Å². The summed E-state index contributed by atoms with van der Waals surface area (Å²) >= 11 is 0. The van der Waals surface area contributed by atoms with Crippen molar-refractivity contribution in [1.82, 2.24) is 19.9 Å². The molecule has 3 aromatic rings. The van der Waals surface area contributed by atoms with E-state index in [4.69, 9.17) is 10.5 Å². The normalized spacial score (nSPS) is 11.1. The van der Waals surface area contributed by atoms with Crippen LogP contribution < -0.4 is 20.5 Å². The first-order valence-electron chi connectivity index (χ1n) is 9.15. The van der Waals surface area contributed by atoms with Gasteiger partial charge >= 0.3 is 6.61 Å². The summed E-state index contributed by atoms with van der Waals surface area (Å²) < 4.78 is 47.6. The number of nitrogens with zero attached hydrogens (tertiary/aromatic N) is 4. The topological polar surface area (TPSA) is 98.4 Å². The number of benzene rings is 2. The van der Waals surface area contributed by atoms with Crippen LogP contribution in [0.3, 0.4) is 0 Å². The molecule has 0 radical (unpaired) electrons. The Bertz CT molecular complexity index is 1020. The number of anilines is 3. The number of hydrogen-bond acceptors (Lipinski definition) is 8. The summed E-state index contributed by atoms with van der Waals surface area (Å²) in [6.07, 6.45) is 0. The summed E-state index contributed by atoms with van der Waals surface area (Å²) in [7, 11) is 3.22. The first-order chi connectivity index (χ1) is 14.8. The van der Waals surface area contributed by atoms with Crippen LogP contribution in [0.4, 0.5) is 30.8 Å². The van der Waals surface area contributed by atoms with E-state index >= 15 is 0 Å². The molecule has 0 fully saturated rings. The second kappa shape index (κ2) is 9.94. The number of halogens is 3. The van der Waals surface area contributed by atoms with Gasteiger partial charge in [0.2, 0.25) is 11.9 Å². The average Bonchev–Trinajstić information content (AvgIpc) is 2.70. The lowest BCUT2D eigenvalue weighted by Crippen LogP contribution is -2.20. The van der Waals surface area contributed by atoms with Gasteiger partial charge in [-0.15, -0.1) is 0 Å². The lowest BCUT2D eigenvalue weighted by atomic mass is 10.2. The van der Waals surface area contributed by atoms with Crippen LogP contribution in [0.15, 0.2) is 42.5 Å². The minimum Gasteiger partial charge on any atom is -0.493 e. The molecule has 0 spiro atoms. The quantitative estimate of drug-likeness (QED) is 0.527. The Labute approximate surface area is 176 Å². The maximum absolute atomic E-state index is 13.1. The SMILES string of the molecule is COc1cc(CN(C)Cc2nc(N)nc(Nc3ccc(F)cc3)n2)ccc1OC(F)F. The van der Waals surface area contributed by atoms with E-state index in [1.54, 1.807) is 24.3 Å². The highest BCUT2D eigenvalue weighted by Crippen LogP contribution is 2.30. The van der Waals surface area contributed by atoms with E-state index in [9.17, 15) is 13.2 Å². The van der Waals surface area contributed by atoms with E-state index in [0.29, 0.717) is 24.6 Å². The van der Waals surface area contributed by atoms with Crippen molar-refractivity contribution >= 4 is 17.6 Å². The summed E-state index contributed by atoms with van der Waals surface area (Å²) in [6.45, 7) is -2.14. The maximum atomic E-state index is 13.1. The Hall–Kier alpha value is -3.60. The Balaban J connectivity index is 1.68. The Morgan fingerprint density at radius 3 is 2.45 bits per heavy atom. The van der Waals surface area contributed by atoms with Gasteiger partial charge < -0.3 is 20.5 Å². The molecule has 0 atom stereocenters. The van der Waals surface area contributed by atoms with Gasteiger partial charge in [-0.1, -0.05) is 6.07 Å². The Kier molecular flexibility index (Phi) is 7.08. The summed E-state index contributed by atoms with van der Waals surface area (Å²) in [5.41, 5.74) is 7.20. The number of nitrogens with one attached hydrogen (secondary N) is 1. The Morgan fingerprint density at radius 1 is 1.03 bits per heavy atom. The molecular weight excluding hydrogens is 413 g/mol. The highest BCUT2D eigenvalue weighted by atomic mass is 19.3. The number of rotatable bonds is 9. The maximum Gasteiger partial charge on any atom is 0.387 e. The molecule has 3 N–H and O–H groups in total. The highest BCUT2D eigenvalue weighted by Gasteiger charge is 2.13. The van der Waals surface area contributed by atoms with Crippen LogP contribution in [0.25, 0.3) is 0 Å². The Morgan fingerprint density at radius 2 is 1.77 bits per heavy atom. The molecule has 11 heteroatoms. The van der Waals surface area contributed by atoms with Crippen LogP contribution in [-0.4, -0.2) is 40.6 Å². The van der Waals surface area contributed by atoms with Gasteiger partial charge in [0.1, 0.15) is 11.6 Å². The smallest absolute Gasteiger partial charge is 0.387 e. The molecule has 0 amide bonds. The summed E-state index contributed by atoms with van der Waals surface area (Å²) in [5.74, 6) is 0.514. The zero-order valence-electron chi connectivity index (χ0n) is 16.8. The zero-order chi connectivity index (χ0) is 22.4. The third-order valence-electron chi connectivity index (χ3n) is 4.11. The molecule has 3 rings (SSSR count). The molecule has 0 aliphatic carbocycles. The predicted molar refractivity (Wildman–Crippen MR) is 109 cm³/mol. The van der Waals surface area contributed by atoms with Crippen LogP contribution in [0.1, 0.15) is 11.4 Å². The van der Waals surface area contributed by atoms with E-state index in [1.165, 1.54) is 25.3 Å². The highest BCUT2D eigenvalue weighted by molar-refractivity contribution is 5.53. The van der Waals surface area contributed by atoms with Crippen LogP contribution in [0, 0.1) is 5.82 Å². The molecule has 0 saturated heterocycles. The van der Waals surface area contributed by atoms with Crippen molar-refractivity contribution in [2.45, 2.75) is 19.7 Å². The third-order valence-corrected chi connectivity index (χ3v) is 4.11. The van der Waals surface area contributed by atoms with Crippen molar-refractivity contribution in [1.29, 1.82) is 0 Å². The van der Waals surface area contributed by atoms with Crippen molar-refractivity contribution in [3.63, 3.8) is 0 Å². The van der Waals surface area contributed by atoms with Crippen molar-refractivity contribution < 1.29 is 22.6 Å². The standard InChI is InChI=1S/C20H21F3N6O2/c1-29(10-12-3-8-15(31-18(22)23)16(9-12)30-2)11-17-26-19(24)28-20(27-17)25-14-6-4-13(21)5-7-14/h3-9,18H,10-11H2,1-2H3,(H3,24,25,26,27,28). The lowest BCUT2D eigenvalue weighted by molar-refractivity contribution is -0.0512. The third kappa shape index (κ3) is 6.44. The summed E-state index contributed by atoms with van der Waals surface area (Å²) in [4.78, 5) is 14.4. The van der Waals surface area contributed by atoms with E-state index in [0.717, 1.165) is 5.56 Å². The van der Waals surface area contributed by atoms with Gasteiger partial charge in [0.25, 0.3) is 0 Å². The number of ether oxygens (including phenoxy) is 2. The van der Waals surface area contributed by atoms with Gasteiger partial charge in [-0.25, -0.2) is 4.39 Å². The van der Waals surface area contributed by atoms with Gasteiger partial charge in [0.15, 0.2) is 11.5 Å². The monoisotopic (exact) mass is 434 g/mol. The molecule has 0 bridgehead atoms. The molecule has 1 aromatic heterocycles. The van der Waals surface area contributed by atoms with Crippen molar-refractivity contribution in [2.24, 2.45) is 0 Å². The van der Waals surface area contributed by atoms with E-state index in [1.807, 2.05) is 11.9 Å². The predicted octanol–water partition coefficient (Wildman–Crippen LogP) is 3.58. The first kappa shape index (κ1) is 22.1. The average molecular weight is 434 g/mol. The van der Waals surface area contributed by atoms with Crippen LogP contribution in [0.2, 0.25) is 0 Å². The molecule has 164 valence electrons. The van der Waals surface area contributed by atoms with Crippen LogP contribution >= 0.6 is 0 Å². The summed E-state index contributed by atoms with van der Waals surface area (Å²) in [6, 6.07) is 10.4. The molecule has 0 unspecified atom stereocenters. The largest absolute Gasteiger partial charge is 0.493 e. The molecule has 31 heavy (non-hydrogen) atoms. The zero-order valence-corrected chi connectivity index (χ0v) is 16.8. The van der Waals surface area contributed by atoms with E-state index in [-0.39, 0.29) is 29.2 Å². The molecule has 1 heterocycles. The van der Waals surface area contributed by atoms with Gasteiger partial charge in [-0.3, -0.25) is 4.90 Å². The molecule has 2 aromatic carbocycles. The minimum atomic E-state index is -2.94. The van der Waals surface area contributed by atoms with Crippen LogP contribution in [0.5, 0.6) is 11.5 Å². The number of nitrogen functional groups attached to an aromatic ring is 1. The fraction of sp³-hybridized carbons (Fsp3) is 0.250.